The second-order valence-corrected chi connectivity index (χ2v) is 7.39. The highest BCUT2D eigenvalue weighted by Gasteiger charge is 2.18. The molecular weight excluding hydrogens is 212 g/mol. The highest BCUT2D eigenvalue weighted by Crippen LogP contribution is 2.21. The third-order valence-corrected chi connectivity index (χ3v) is 2.52. The molecule has 0 fully saturated rings. The molecule has 1 unspecified atom stereocenters. The summed E-state index contributed by atoms with van der Waals surface area (Å²) in [6.45, 7) is 13.7. The van der Waals surface area contributed by atoms with Gasteiger partial charge in [0.15, 0.2) is 0 Å². The lowest BCUT2D eigenvalue weighted by Crippen LogP contribution is -2.35. The van der Waals surface area contributed by atoms with Crippen molar-refractivity contribution in [3.8, 4) is 0 Å². The molecule has 0 heterocycles. The molecular formula is C14H30N2O. The topological polar surface area (TPSA) is 55.1 Å². The van der Waals surface area contributed by atoms with Gasteiger partial charge in [0, 0.05) is 19.0 Å². The van der Waals surface area contributed by atoms with Crippen molar-refractivity contribution in [3.05, 3.63) is 0 Å². The van der Waals surface area contributed by atoms with Gasteiger partial charge in [-0.25, -0.2) is 0 Å². The van der Waals surface area contributed by atoms with Gasteiger partial charge >= 0.3 is 0 Å². The monoisotopic (exact) mass is 242 g/mol. The van der Waals surface area contributed by atoms with Crippen LogP contribution in [0.3, 0.4) is 0 Å². The first-order valence-electron chi connectivity index (χ1n) is 6.52. The first-order valence-corrected chi connectivity index (χ1v) is 6.52. The molecule has 0 aromatic carbocycles. The number of nitrogens with one attached hydrogen (secondary N) is 1. The normalized spacial score (nSPS) is 14.5. The zero-order valence-corrected chi connectivity index (χ0v) is 12.4. The van der Waals surface area contributed by atoms with E-state index in [2.05, 4.69) is 46.9 Å². The van der Waals surface area contributed by atoms with Crippen LogP contribution < -0.4 is 11.1 Å². The maximum absolute atomic E-state index is 11.6. The van der Waals surface area contributed by atoms with Crippen LogP contribution in [-0.4, -0.2) is 18.5 Å². The van der Waals surface area contributed by atoms with Crippen molar-refractivity contribution in [1.29, 1.82) is 0 Å². The van der Waals surface area contributed by atoms with Gasteiger partial charge in [-0.2, -0.15) is 0 Å². The van der Waals surface area contributed by atoms with E-state index in [1.54, 1.807) is 0 Å². The lowest BCUT2D eigenvalue weighted by Gasteiger charge is -2.23. The number of amides is 1. The number of carbonyl (C=O) groups excluding carboxylic acids is 1. The van der Waals surface area contributed by atoms with Gasteiger partial charge in [0.1, 0.15) is 0 Å². The fraction of sp³-hybridized carbons (Fsp3) is 0.929. The summed E-state index contributed by atoms with van der Waals surface area (Å²) in [6, 6.07) is -0.0374. The number of rotatable bonds is 5. The van der Waals surface area contributed by atoms with Gasteiger partial charge < -0.3 is 11.1 Å². The summed E-state index contributed by atoms with van der Waals surface area (Å²) >= 11 is 0. The van der Waals surface area contributed by atoms with Gasteiger partial charge in [-0.05, 0) is 23.7 Å². The zero-order chi connectivity index (χ0) is 13.7. The van der Waals surface area contributed by atoms with E-state index in [0.29, 0.717) is 6.42 Å². The molecule has 102 valence electrons. The Balaban J connectivity index is 3.80. The van der Waals surface area contributed by atoms with Gasteiger partial charge in [-0.1, -0.05) is 41.5 Å². The largest absolute Gasteiger partial charge is 0.356 e. The zero-order valence-electron chi connectivity index (χ0n) is 12.4. The number of hydrogen-bond donors (Lipinski definition) is 2. The molecule has 0 saturated heterocycles. The number of hydrogen-bond acceptors (Lipinski definition) is 2. The molecule has 3 N–H and O–H groups in total. The highest BCUT2D eigenvalue weighted by molar-refractivity contribution is 5.76. The molecule has 3 heteroatoms. The SMILES string of the molecule is CC(C)(C)CCNC(=O)CC(N)CC(C)(C)C. The Labute approximate surface area is 107 Å². The third-order valence-electron chi connectivity index (χ3n) is 2.52. The fourth-order valence-corrected chi connectivity index (χ4v) is 1.75. The van der Waals surface area contributed by atoms with Crippen LogP contribution in [0.1, 0.15) is 60.8 Å². The summed E-state index contributed by atoms with van der Waals surface area (Å²) in [7, 11) is 0. The van der Waals surface area contributed by atoms with E-state index in [1.165, 1.54) is 0 Å². The number of carbonyl (C=O) groups is 1. The lowest BCUT2D eigenvalue weighted by molar-refractivity contribution is -0.121. The average Bonchev–Trinajstić information content (AvgIpc) is 1.96. The summed E-state index contributed by atoms with van der Waals surface area (Å²) in [5.41, 5.74) is 6.41. The first-order chi connectivity index (χ1) is 7.49. The van der Waals surface area contributed by atoms with Gasteiger partial charge in [0.2, 0.25) is 5.91 Å². The van der Waals surface area contributed by atoms with Crippen molar-refractivity contribution in [1.82, 2.24) is 5.32 Å². The molecule has 0 spiro atoms. The second kappa shape index (κ2) is 6.39. The Bertz CT molecular complexity index is 236. The minimum absolute atomic E-state index is 0.0374. The smallest absolute Gasteiger partial charge is 0.221 e. The fourth-order valence-electron chi connectivity index (χ4n) is 1.75. The van der Waals surface area contributed by atoms with Crippen LogP contribution in [-0.2, 0) is 4.79 Å². The van der Waals surface area contributed by atoms with Gasteiger partial charge in [0.25, 0.3) is 0 Å². The Kier molecular flexibility index (Phi) is 6.17. The molecule has 0 saturated carbocycles. The van der Waals surface area contributed by atoms with E-state index in [0.717, 1.165) is 19.4 Å². The Morgan fingerprint density at radius 3 is 2.06 bits per heavy atom. The van der Waals surface area contributed by atoms with Gasteiger partial charge in [0.05, 0.1) is 0 Å². The van der Waals surface area contributed by atoms with Crippen LogP contribution in [0.25, 0.3) is 0 Å². The van der Waals surface area contributed by atoms with Crippen molar-refractivity contribution in [2.45, 2.75) is 66.8 Å². The minimum atomic E-state index is -0.0374. The maximum Gasteiger partial charge on any atom is 0.221 e. The molecule has 17 heavy (non-hydrogen) atoms. The number of nitrogens with two attached hydrogens (primary N) is 1. The molecule has 0 aromatic rings. The molecule has 0 aliphatic heterocycles. The summed E-state index contributed by atoms with van der Waals surface area (Å²) in [6.07, 6.45) is 2.30. The second-order valence-electron chi connectivity index (χ2n) is 7.39. The molecule has 0 radical (unpaired) electrons. The molecule has 0 rings (SSSR count). The average molecular weight is 242 g/mol. The van der Waals surface area contributed by atoms with Gasteiger partial charge in [-0.15, -0.1) is 0 Å². The van der Waals surface area contributed by atoms with Crippen molar-refractivity contribution in [2.75, 3.05) is 6.54 Å². The van der Waals surface area contributed by atoms with Gasteiger partial charge in [-0.3, -0.25) is 4.79 Å². The van der Waals surface area contributed by atoms with Crippen molar-refractivity contribution in [3.63, 3.8) is 0 Å². The van der Waals surface area contributed by atoms with Crippen LogP contribution in [0, 0.1) is 10.8 Å². The molecule has 0 bridgehead atoms. The predicted octanol–water partition coefficient (Wildman–Crippen LogP) is 2.69. The standard InChI is InChI=1S/C14H30N2O/c1-13(2,3)7-8-16-12(17)9-11(15)10-14(4,5)6/h11H,7-10,15H2,1-6H3,(H,16,17). The molecule has 0 aromatic heterocycles. The molecule has 0 aliphatic carbocycles. The van der Waals surface area contributed by atoms with E-state index < -0.39 is 0 Å². The van der Waals surface area contributed by atoms with Crippen LogP contribution in [0.15, 0.2) is 0 Å². The Hall–Kier alpha value is -0.570. The Morgan fingerprint density at radius 2 is 1.65 bits per heavy atom. The van der Waals surface area contributed by atoms with Crippen molar-refractivity contribution >= 4 is 5.91 Å². The lowest BCUT2D eigenvalue weighted by atomic mass is 9.87. The molecule has 3 nitrogen and oxygen atoms in total. The maximum atomic E-state index is 11.6. The van der Waals surface area contributed by atoms with Crippen molar-refractivity contribution < 1.29 is 4.79 Å². The van der Waals surface area contributed by atoms with E-state index in [-0.39, 0.29) is 22.8 Å². The highest BCUT2D eigenvalue weighted by atomic mass is 16.1. The minimum Gasteiger partial charge on any atom is -0.356 e. The van der Waals surface area contributed by atoms with Crippen LogP contribution in [0.2, 0.25) is 0 Å². The van der Waals surface area contributed by atoms with E-state index in [1.807, 2.05) is 0 Å². The first kappa shape index (κ1) is 16.4. The van der Waals surface area contributed by atoms with Crippen LogP contribution in [0.5, 0.6) is 0 Å². The quantitative estimate of drug-likeness (QED) is 0.779. The summed E-state index contributed by atoms with van der Waals surface area (Å²) < 4.78 is 0. The van der Waals surface area contributed by atoms with Crippen LogP contribution >= 0.6 is 0 Å². The summed E-state index contributed by atoms with van der Waals surface area (Å²) in [5, 5.41) is 2.94. The molecule has 0 aliphatic rings. The van der Waals surface area contributed by atoms with Crippen molar-refractivity contribution in [2.24, 2.45) is 16.6 Å². The van der Waals surface area contributed by atoms with E-state index >= 15 is 0 Å². The van der Waals surface area contributed by atoms with Crippen LogP contribution in [0.4, 0.5) is 0 Å². The third kappa shape index (κ3) is 11.7. The van der Waals surface area contributed by atoms with E-state index in [4.69, 9.17) is 5.73 Å². The Morgan fingerprint density at radius 1 is 1.12 bits per heavy atom. The summed E-state index contributed by atoms with van der Waals surface area (Å²) in [4.78, 5) is 11.6. The summed E-state index contributed by atoms with van der Waals surface area (Å²) in [5.74, 6) is 0.0750. The predicted molar refractivity (Wildman–Crippen MR) is 73.7 cm³/mol. The molecule has 1 atom stereocenters. The molecule has 1 amide bonds. The van der Waals surface area contributed by atoms with E-state index in [9.17, 15) is 4.79 Å².